The van der Waals surface area contributed by atoms with E-state index in [4.69, 9.17) is 0 Å². The van der Waals surface area contributed by atoms with Crippen molar-refractivity contribution in [1.82, 2.24) is 0 Å². The number of thiophene rings is 1. The molecule has 20 heavy (non-hydrogen) atoms. The van der Waals surface area contributed by atoms with E-state index in [2.05, 4.69) is 89.3 Å². The molecule has 0 aliphatic rings. The molecule has 0 atom stereocenters. The highest BCUT2D eigenvalue weighted by atomic mass is 127. The lowest BCUT2D eigenvalue weighted by molar-refractivity contribution is 1.62. The highest BCUT2D eigenvalue weighted by molar-refractivity contribution is 14.1. The van der Waals surface area contributed by atoms with Gasteiger partial charge in [-0.05, 0) is 40.3 Å². The van der Waals surface area contributed by atoms with Gasteiger partial charge in [-0.3, -0.25) is 0 Å². The Bertz CT molecular complexity index is 921. The molecule has 0 amide bonds. The van der Waals surface area contributed by atoms with E-state index in [1.54, 1.807) is 0 Å². The number of hydrogen-bond donors (Lipinski definition) is 0. The molecule has 1 heterocycles. The fraction of sp³-hybridized carbons (Fsp3) is 0. The van der Waals surface area contributed by atoms with Gasteiger partial charge in [0.1, 0.15) is 0 Å². The van der Waals surface area contributed by atoms with Gasteiger partial charge >= 0.3 is 0 Å². The van der Waals surface area contributed by atoms with Gasteiger partial charge in [0.05, 0.1) is 0 Å². The van der Waals surface area contributed by atoms with Crippen molar-refractivity contribution < 1.29 is 0 Å². The van der Waals surface area contributed by atoms with Gasteiger partial charge in [-0.15, -0.1) is 11.3 Å². The summed E-state index contributed by atoms with van der Waals surface area (Å²) in [5, 5.41) is 2.73. The van der Waals surface area contributed by atoms with E-state index in [9.17, 15) is 0 Å². The highest BCUT2D eigenvalue weighted by Crippen LogP contribution is 2.40. The van der Waals surface area contributed by atoms with Crippen molar-refractivity contribution in [2.75, 3.05) is 0 Å². The normalized spacial score (nSPS) is 11.2. The van der Waals surface area contributed by atoms with Crippen LogP contribution in [-0.2, 0) is 0 Å². The van der Waals surface area contributed by atoms with Gasteiger partial charge in [0.2, 0.25) is 0 Å². The van der Waals surface area contributed by atoms with E-state index < -0.39 is 0 Å². The molecule has 3 aromatic carbocycles. The zero-order valence-electron chi connectivity index (χ0n) is 10.6. The Morgan fingerprint density at radius 2 is 1.35 bits per heavy atom. The lowest BCUT2D eigenvalue weighted by atomic mass is 10.0. The Kier molecular flexibility index (Phi) is 3.00. The summed E-state index contributed by atoms with van der Waals surface area (Å²) in [7, 11) is 0. The molecule has 0 fully saturated rings. The monoisotopic (exact) mass is 386 g/mol. The van der Waals surface area contributed by atoms with Crippen molar-refractivity contribution in [3.8, 4) is 11.1 Å². The van der Waals surface area contributed by atoms with Gasteiger partial charge in [0, 0.05) is 29.3 Å². The summed E-state index contributed by atoms with van der Waals surface area (Å²) in [5.41, 5.74) is 2.67. The van der Waals surface area contributed by atoms with Crippen molar-refractivity contribution in [2.24, 2.45) is 0 Å². The lowest BCUT2D eigenvalue weighted by Gasteiger charge is -2.05. The first-order valence-electron chi connectivity index (χ1n) is 6.50. The molecule has 96 valence electrons. The Morgan fingerprint density at radius 1 is 0.650 bits per heavy atom. The molecule has 0 aliphatic carbocycles. The Balaban J connectivity index is 2.13. The molecule has 0 saturated carbocycles. The Labute approximate surface area is 135 Å². The molecule has 0 unspecified atom stereocenters. The summed E-state index contributed by atoms with van der Waals surface area (Å²) < 4.78 is 4.05. The first-order valence-corrected chi connectivity index (χ1v) is 8.39. The SMILES string of the molecule is Ic1ccccc1-c1cccc2c1sc1ccccc12. The maximum Gasteiger partial charge on any atom is 0.0434 e. The minimum atomic E-state index is 1.30. The molecule has 0 spiro atoms. The predicted molar refractivity (Wildman–Crippen MR) is 97.5 cm³/mol. The first-order chi connectivity index (χ1) is 9.84. The Morgan fingerprint density at radius 3 is 2.25 bits per heavy atom. The molecule has 0 bridgehead atoms. The lowest BCUT2D eigenvalue weighted by Crippen LogP contribution is -1.82. The van der Waals surface area contributed by atoms with Crippen molar-refractivity contribution in [3.63, 3.8) is 0 Å². The maximum absolute atomic E-state index is 2.42. The molecular formula is C18H11IS. The van der Waals surface area contributed by atoms with Gasteiger partial charge in [0.25, 0.3) is 0 Å². The van der Waals surface area contributed by atoms with Crippen LogP contribution >= 0.6 is 33.9 Å². The van der Waals surface area contributed by atoms with Crippen LogP contribution in [0.3, 0.4) is 0 Å². The molecule has 0 aliphatic heterocycles. The molecule has 2 heteroatoms. The number of rotatable bonds is 1. The summed E-state index contributed by atoms with van der Waals surface area (Å²) >= 11 is 4.31. The average Bonchev–Trinajstić information content (AvgIpc) is 2.86. The summed E-state index contributed by atoms with van der Waals surface area (Å²) in [6, 6.07) is 23.9. The highest BCUT2D eigenvalue weighted by Gasteiger charge is 2.11. The third-order valence-corrected chi connectivity index (χ3v) is 5.73. The van der Waals surface area contributed by atoms with Crippen LogP contribution in [0.4, 0.5) is 0 Å². The minimum absolute atomic E-state index is 1.30. The van der Waals surface area contributed by atoms with Crippen LogP contribution in [0, 0.1) is 3.57 Å². The number of hydrogen-bond acceptors (Lipinski definition) is 1. The second kappa shape index (κ2) is 4.86. The molecule has 1 aromatic heterocycles. The topological polar surface area (TPSA) is 0 Å². The van der Waals surface area contributed by atoms with E-state index in [1.165, 1.54) is 34.9 Å². The van der Waals surface area contributed by atoms with Crippen molar-refractivity contribution in [1.29, 1.82) is 0 Å². The quantitative estimate of drug-likeness (QED) is 0.336. The molecule has 0 saturated heterocycles. The van der Waals surface area contributed by atoms with E-state index in [-0.39, 0.29) is 0 Å². The van der Waals surface area contributed by atoms with Crippen molar-refractivity contribution in [2.45, 2.75) is 0 Å². The smallest absolute Gasteiger partial charge is 0.0434 e. The molecule has 4 aromatic rings. The van der Waals surface area contributed by atoms with Gasteiger partial charge in [-0.2, -0.15) is 0 Å². The fourth-order valence-electron chi connectivity index (χ4n) is 2.64. The zero-order valence-corrected chi connectivity index (χ0v) is 13.6. The summed E-state index contributed by atoms with van der Waals surface area (Å²) in [6.45, 7) is 0. The van der Waals surface area contributed by atoms with Crippen LogP contribution in [-0.4, -0.2) is 0 Å². The van der Waals surface area contributed by atoms with Crippen LogP contribution in [0.2, 0.25) is 0 Å². The van der Waals surface area contributed by atoms with Crippen molar-refractivity contribution >= 4 is 54.1 Å². The third kappa shape index (κ3) is 1.86. The number of benzene rings is 3. The predicted octanol–water partition coefficient (Wildman–Crippen LogP) is 6.33. The van der Waals surface area contributed by atoms with Crippen LogP contribution in [0.1, 0.15) is 0 Å². The molecule has 0 N–H and O–H groups in total. The largest absolute Gasteiger partial charge is 0.135 e. The van der Waals surface area contributed by atoms with Gasteiger partial charge in [-0.25, -0.2) is 0 Å². The number of halogens is 1. The van der Waals surface area contributed by atoms with E-state index >= 15 is 0 Å². The molecular weight excluding hydrogens is 375 g/mol. The van der Waals surface area contributed by atoms with Crippen LogP contribution in [0.5, 0.6) is 0 Å². The van der Waals surface area contributed by atoms with Crippen LogP contribution in [0.15, 0.2) is 66.7 Å². The van der Waals surface area contributed by atoms with Gasteiger partial charge in [-0.1, -0.05) is 54.6 Å². The number of fused-ring (bicyclic) bond motifs is 3. The van der Waals surface area contributed by atoms with Crippen LogP contribution in [0.25, 0.3) is 31.3 Å². The second-order valence-electron chi connectivity index (χ2n) is 4.76. The fourth-order valence-corrected chi connectivity index (χ4v) is 4.55. The average molecular weight is 386 g/mol. The summed E-state index contributed by atoms with van der Waals surface area (Å²) in [6.07, 6.45) is 0. The van der Waals surface area contributed by atoms with E-state index in [0.717, 1.165) is 0 Å². The van der Waals surface area contributed by atoms with E-state index in [1.807, 2.05) is 11.3 Å². The van der Waals surface area contributed by atoms with E-state index in [0.29, 0.717) is 0 Å². The third-order valence-electron chi connectivity index (χ3n) is 3.57. The van der Waals surface area contributed by atoms with Gasteiger partial charge in [0.15, 0.2) is 0 Å². The first kappa shape index (κ1) is 12.4. The van der Waals surface area contributed by atoms with Gasteiger partial charge < -0.3 is 0 Å². The summed E-state index contributed by atoms with van der Waals surface area (Å²) in [4.78, 5) is 0. The minimum Gasteiger partial charge on any atom is -0.135 e. The molecule has 4 rings (SSSR count). The summed E-state index contributed by atoms with van der Waals surface area (Å²) in [5.74, 6) is 0. The zero-order chi connectivity index (χ0) is 13.5. The molecule has 0 nitrogen and oxygen atoms in total. The molecule has 0 radical (unpaired) electrons. The maximum atomic E-state index is 2.42. The van der Waals surface area contributed by atoms with Crippen LogP contribution < -0.4 is 0 Å². The second-order valence-corrected chi connectivity index (χ2v) is 6.97. The van der Waals surface area contributed by atoms with Crippen molar-refractivity contribution in [3.05, 3.63) is 70.3 Å². The Hall–Kier alpha value is -1.39. The standard InChI is InChI=1S/C18H11IS/c19-16-10-3-1-6-12(16)14-8-5-9-15-13-7-2-4-11-17(13)20-18(14)15/h1-11H.